The van der Waals surface area contributed by atoms with Crippen molar-refractivity contribution in [3.63, 3.8) is 0 Å². The topological polar surface area (TPSA) is 74.3 Å². The highest BCUT2D eigenvalue weighted by atomic mass is 32.2. The number of carbonyl (C=O) groups is 2. The standard InChI is InChI=1S/C28H27NO6S/c1-20-11-13-22(14-12-20)33-17-18-35-23-8-4-3-7-21(23)19-26-27(30)29(28(31)36-26)15-16-34-25-10-6-5-9-24(25)32-2/h3-14,19H,15-18H2,1-2H3/b26-19-. The molecule has 1 saturated heterocycles. The Morgan fingerprint density at radius 1 is 0.778 bits per heavy atom. The maximum Gasteiger partial charge on any atom is 0.293 e. The number of imide groups is 1. The number of ether oxygens (including phenoxy) is 4. The highest BCUT2D eigenvalue weighted by Crippen LogP contribution is 2.34. The lowest BCUT2D eigenvalue weighted by Gasteiger charge is -2.14. The zero-order chi connectivity index (χ0) is 25.3. The molecule has 36 heavy (non-hydrogen) atoms. The van der Waals surface area contributed by atoms with Crippen LogP contribution in [0.5, 0.6) is 23.0 Å². The molecule has 0 saturated carbocycles. The molecule has 0 bridgehead atoms. The summed E-state index contributed by atoms with van der Waals surface area (Å²) in [5, 5.41) is -0.334. The SMILES string of the molecule is COc1ccccc1OCCN1C(=O)S/C(=C\c2ccccc2OCCOc2ccc(C)cc2)C1=O. The number of methoxy groups -OCH3 is 1. The summed E-state index contributed by atoms with van der Waals surface area (Å²) in [5.41, 5.74) is 1.88. The molecular weight excluding hydrogens is 478 g/mol. The largest absolute Gasteiger partial charge is 0.493 e. The fourth-order valence-corrected chi connectivity index (χ4v) is 4.35. The molecule has 0 atom stereocenters. The minimum atomic E-state index is -0.355. The van der Waals surface area contributed by atoms with E-state index in [0.29, 0.717) is 40.9 Å². The summed E-state index contributed by atoms with van der Waals surface area (Å²) in [5.74, 6) is 2.18. The van der Waals surface area contributed by atoms with Gasteiger partial charge in [-0.05, 0) is 55.1 Å². The first-order valence-corrected chi connectivity index (χ1v) is 12.3. The van der Waals surface area contributed by atoms with Gasteiger partial charge in [-0.2, -0.15) is 0 Å². The zero-order valence-corrected chi connectivity index (χ0v) is 21.0. The Morgan fingerprint density at radius 2 is 1.42 bits per heavy atom. The number of hydrogen-bond donors (Lipinski definition) is 0. The van der Waals surface area contributed by atoms with Crippen molar-refractivity contribution in [1.29, 1.82) is 0 Å². The van der Waals surface area contributed by atoms with E-state index in [0.717, 1.165) is 17.5 Å². The predicted octanol–water partition coefficient (Wildman–Crippen LogP) is 5.58. The molecule has 2 amide bonds. The molecule has 1 heterocycles. The fourth-order valence-electron chi connectivity index (χ4n) is 3.50. The number of benzene rings is 3. The van der Waals surface area contributed by atoms with Gasteiger partial charge in [0.1, 0.15) is 31.3 Å². The molecule has 186 valence electrons. The van der Waals surface area contributed by atoms with E-state index in [1.165, 1.54) is 10.5 Å². The van der Waals surface area contributed by atoms with E-state index in [-0.39, 0.29) is 24.3 Å². The number of hydrogen-bond acceptors (Lipinski definition) is 7. The van der Waals surface area contributed by atoms with Crippen LogP contribution in [0.15, 0.2) is 77.7 Å². The third-order valence-corrected chi connectivity index (χ3v) is 6.26. The van der Waals surface area contributed by atoms with Crippen LogP contribution in [0, 0.1) is 6.92 Å². The van der Waals surface area contributed by atoms with E-state index in [4.69, 9.17) is 18.9 Å². The Bertz CT molecular complexity index is 1240. The van der Waals surface area contributed by atoms with Gasteiger partial charge in [0, 0.05) is 5.56 Å². The molecule has 7 nitrogen and oxygen atoms in total. The molecule has 0 spiro atoms. The second kappa shape index (κ2) is 12.2. The van der Waals surface area contributed by atoms with Gasteiger partial charge < -0.3 is 18.9 Å². The van der Waals surface area contributed by atoms with Gasteiger partial charge >= 0.3 is 0 Å². The van der Waals surface area contributed by atoms with Crippen molar-refractivity contribution in [3.05, 3.63) is 88.8 Å². The summed E-state index contributed by atoms with van der Waals surface area (Å²) < 4.78 is 22.6. The van der Waals surface area contributed by atoms with Crippen LogP contribution in [0.25, 0.3) is 6.08 Å². The maximum atomic E-state index is 12.9. The molecule has 8 heteroatoms. The summed E-state index contributed by atoms with van der Waals surface area (Å²) in [6, 6.07) is 22.4. The smallest absolute Gasteiger partial charge is 0.293 e. The lowest BCUT2D eigenvalue weighted by Crippen LogP contribution is -2.32. The highest BCUT2D eigenvalue weighted by molar-refractivity contribution is 8.18. The fraction of sp³-hybridized carbons (Fsp3) is 0.214. The van der Waals surface area contributed by atoms with Gasteiger partial charge in [-0.3, -0.25) is 14.5 Å². The van der Waals surface area contributed by atoms with Crippen molar-refractivity contribution in [2.24, 2.45) is 0 Å². The molecule has 0 unspecified atom stereocenters. The molecule has 1 fully saturated rings. The molecule has 3 aromatic rings. The van der Waals surface area contributed by atoms with Gasteiger partial charge in [0.25, 0.3) is 11.1 Å². The van der Waals surface area contributed by atoms with Gasteiger partial charge in [0.2, 0.25) is 0 Å². The van der Waals surface area contributed by atoms with Crippen LogP contribution in [0.1, 0.15) is 11.1 Å². The minimum Gasteiger partial charge on any atom is -0.493 e. The average molecular weight is 506 g/mol. The Balaban J connectivity index is 1.34. The third kappa shape index (κ3) is 6.40. The van der Waals surface area contributed by atoms with Crippen molar-refractivity contribution >= 4 is 29.0 Å². The number of rotatable bonds is 11. The Hall–Kier alpha value is -3.91. The summed E-state index contributed by atoms with van der Waals surface area (Å²) >= 11 is 0.904. The van der Waals surface area contributed by atoms with Crippen LogP contribution in [0.2, 0.25) is 0 Å². The second-order valence-electron chi connectivity index (χ2n) is 7.88. The first-order valence-electron chi connectivity index (χ1n) is 11.5. The van der Waals surface area contributed by atoms with Gasteiger partial charge in [-0.1, -0.05) is 48.0 Å². The molecule has 0 radical (unpaired) electrons. The number of para-hydroxylation sites is 3. The quantitative estimate of drug-likeness (QED) is 0.249. The second-order valence-corrected chi connectivity index (χ2v) is 8.87. The lowest BCUT2D eigenvalue weighted by atomic mass is 10.2. The Morgan fingerprint density at radius 3 is 2.17 bits per heavy atom. The molecule has 0 aromatic heterocycles. The van der Waals surface area contributed by atoms with Crippen molar-refractivity contribution in [2.75, 3.05) is 33.5 Å². The zero-order valence-electron chi connectivity index (χ0n) is 20.1. The normalized spacial score (nSPS) is 14.3. The van der Waals surface area contributed by atoms with Gasteiger partial charge in [0.15, 0.2) is 11.5 Å². The maximum absolute atomic E-state index is 12.9. The van der Waals surface area contributed by atoms with Gasteiger partial charge in [-0.25, -0.2) is 0 Å². The van der Waals surface area contributed by atoms with Gasteiger partial charge in [-0.15, -0.1) is 0 Å². The number of amides is 2. The van der Waals surface area contributed by atoms with Crippen molar-refractivity contribution in [1.82, 2.24) is 4.90 Å². The third-order valence-electron chi connectivity index (χ3n) is 5.35. The molecular formula is C28H27NO6S. The molecule has 4 rings (SSSR count). The molecule has 3 aromatic carbocycles. The molecule has 1 aliphatic rings. The van der Waals surface area contributed by atoms with Crippen molar-refractivity contribution in [2.45, 2.75) is 6.92 Å². The first-order chi connectivity index (χ1) is 17.5. The van der Waals surface area contributed by atoms with Crippen LogP contribution in [0.3, 0.4) is 0 Å². The summed E-state index contributed by atoms with van der Waals surface area (Å²) in [6.45, 7) is 3.02. The highest BCUT2D eigenvalue weighted by Gasteiger charge is 2.35. The number of aryl methyl sites for hydroxylation is 1. The predicted molar refractivity (Wildman–Crippen MR) is 140 cm³/mol. The van der Waals surface area contributed by atoms with Crippen molar-refractivity contribution < 1.29 is 28.5 Å². The average Bonchev–Trinajstić information content (AvgIpc) is 3.16. The van der Waals surface area contributed by atoms with Crippen LogP contribution >= 0.6 is 11.8 Å². The molecule has 1 aliphatic heterocycles. The van der Waals surface area contributed by atoms with E-state index >= 15 is 0 Å². The van der Waals surface area contributed by atoms with E-state index in [1.54, 1.807) is 25.3 Å². The van der Waals surface area contributed by atoms with E-state index in [2.05, 4.69) is 0 Å². The van der Waals surface area contributed by atoms with Crippen LogP contribution in [-0.2, 0) is 4.79 Å². The Labute approximate surface area is 214 Å². The van der Waals surface area contributed by atoms with E-state index < -0.39 is 0 Å². The summed E-state index contributed by atoms with van der Waals surface area (Å²) in [7, 11) is 1.56. The van der Waals surface area contributed by atoms with Gasteiger partial charge in [0.05, 0.1) is 18.6 Å². The monoisotopic (exact) mass is 505 g/mol. The van der Waals surface area contributed by atoms with Crippen LogP contribution < -0.4 is 18.9 Å². The first kappa shape index (κ1) is 25.2. The molecule has 0 aliphatic carbocycles. The van der Waals surface area contributed by atoms with E-state index in [1.807, 2.05) is 67.6 Å². The van der Waals surface area contributed by atoms with Crippen LogP contribution in [0.4, 0.5) is 4.79 Å². The van der Waals surface area contributed by atoms with Crippen molar-refractivity contribution in [3.8, 4) is 23.0 Å². The molecule has 0 N–H and O–H groups in total. The lowest BCUT2D eigenvalue weighted by molar-refractivity contribution is -0.123. The van der Waals surface area contributed by atoms with E-state index in [9.17, 15) is 9.59 Å². The minimum absolute atomic E-state index is 0.133. The summed E-state index contributed by atoms with van der Waals surface area (Å²) in [6.07, 6.45) is 1.68. The number of thioether (sulfide) groups is 1. The summed E-state index contributed by atoms with van der Waals surface area (Å²) in [4.78, 5) is 26.9. The number of carbonyl (C=O) groups excluding carboxylic acids is 2. The number of nitrogens with zero attached hydrogens (tertiary/aromatic N) is 1. The Kier molecular flexibility index (Phi) is 8.52. The van der Waals surface area contributed by atoms with Crippen LogP contribution in [-0.4, -0.2) is 49.5 Å².